The lowest BCUT2D eigenvalue weighted by Crippen LogP contribution is -2.15. The Labute approximate surface area is 162 Å². The highest BCUT2D eigenvalue weighted by Gasteiger charge is 2.28. The third-order valence-corrected chi connectivity index (χ3v) is 4.32. The summed E-state index contributed by atoms with van der Waals surface area (Å²) < 4.78 is 43.9. The third kappa shape index (κ3) is 3.96. The van der Waals surface area contributed by atoms with Crippen molar-refractivity contribution in [1.29, 1.82) is 0 Å². The molecule has 0 spiro atoms. The third-order valence-electron chi connectivity index (χ3n) is 4.32. The number of fused-ring (bicyclic) bond motifs is 1. The van der Waals surface area contributed by atoms with Gasteiger partial charge in [0.1, 0.15) is 11.3 Å². The summed E-state index contributed by atoms with van der Waals surface area (Å²) in [7, 11) is 0. The number of nitrogens with zero attached hydrogens (tertiary/aromatic N) is 4. The molecule has 1 N–H and O–H groups in total. The lowest BCUT2D eigenvalue weighted by atomic mass is 10.1. The van der Waals surface area contributed by atoms with Crippen LogP contribution in [0.15, 0.2) is 53.6 Å². The van der Waals surface area contributed by atoms with Gasteiger partial charge in [0.05, 0.1) is 12.6 Å². The average Bonchev–Trinajstić information content (AvgIpc) is 3.31. The zero-order valence-electron chi connectivity index (χ0n) is 15.1. The highest BCUT2D eigenvalue weighted by Crippen LogP contribution is 2.25. The molecule has 1 aromatic carbocycles. The first-order chi connectivity index (χ1) is 13.8. The minimum Gasteiger partial charge on any atom is -0.342 e. The van der Waals surface area contributed by atoms with Gasteiger partial charge < -0.3 is 9.84 Å². The molecule has 148 valence electrons. The van der Waals surface area contributed by atoms with Crippen LogP contribution in [0.5, 0.6) is 0 Å². The Hall–Kier alpha value is -3.69. The summed E-state index contributed by atoms with van der Waals surface area (Å²) in [5, 5.41) is 6.56. The summed E-state index contributed by atoms with van der Waals surface area (Å²) in [6.45, 7) is 1.83. The first-order valence-electron chi connectivity index (χ1n) is 8.52. The normalized spacial score (nSPS) is 11.7. The SMILES string of the molecule is Cc1ccc(-c2ncon2)cc1NC(=O)c1cnc2cc(CC(F)(F)F)ccn12. The Morgan fingerprint density at radius 3 is 2.76 bits per heavy atom. The maximum atomic E-state index is 12.8. The molecule has 0 aliphatic rings. The predicted octanol–water partition coefficient (Wildman–Crippen LogP) is 4.05. The van der Waals surface area contributed by atoms with E-state index < -0.39 is 18.5 Å². The summed E-state index contributed by atoms with van der Waals surface area (Å²) in [4.78, 5) is 20.8. The molecule has 0 atom stereocenters. The van der Waals surface area contributed by atoms with Crippen LogP contribution >= 0.6 is 0 Å². The molecule has 7 nitrogen and oxygen atoms in total. The number of rotatable bonds is 4. The quantitative estimate of drug-likeness (QED) is 0.558. The Balaban J connectivity index is 1.60. The number of aromatic nitrogens is 4. The van der Waals surface area contributed by atoms with Gasteiger partial charge in [-0.15, -0.1) is 0 Å². The molecule has 3 heterocycles. The summed E-state index contributed by atoms with van der Waals surface area (Å²) >= 11 is 0. The highest BCUT2D eigenvalue weighted by molar-refractivity contribution is 6.04. The molecule has 0 bridgehead atoms. The first-order valence-corrected chi connectivity index (χ1v) is 8.52. The molecule has 0 saturated carbocycles. The molecule has 0 radical (unpaired) electrons. The molecule has 0 aliphatic carbocycles. The van der Waals surface area contributed by atoms with E-state index in [1.807, 2.05) is 6.92 Å². The van der Waals surface area contributed by atoms with Gasteiger partial charge >= 0.3 is 6.18 Å². The van der Waals surface area contributed by atoms with Gasteiger partial charge in [0.15, 0.2) is 0 Å². The van der Waals surface area contributed by atoms with Crippen LogP contribution in [0.3, 0.4) is 0 Å². The lowest BCUT2D eigenvalue weighted by molar-refractivity contribution is -0.127. The second-order valence-electron chi connectivity index (χ2n) is 6.44. The van der Waals surface area contributed by atoms with Crippen LogP contribution in [0.25, 0.3) is 17.0 Å². The van der Waals surface area contributed by atoms with Crippen LogP contribution in [0.2, 0.25) is 0 Å². The van der Waals surface area contributed by atoms with Gasteiger partial charge in [0.25, 0.3) is 5.91 Å². The van der Waals surface area contributed by atoms with E-state index >= 15 is 0 Å². The van der Waals surface area contributed by atoms with Gasteiger partial charge in [-0.3, -0.25) is 9.20 Å². The second-order valence-corrected chi connectivity index (χ2v) is 6.44. The number of hydrogen-bond donors (Lipinski definition) is 1. The van der Waals surface area contributed by atoms with Crippen LogP contribution in [0.4, 0.5) is 18.9 Å². The molecule has 0 saturated heterocycles. The van der Waals surface area contributed by atoms with Crippen molar-refractivity contribution < 1.29 is 22.5 Å². The number of halogens is 3. The van der Waals surface area contributed by atoms with Gasteiger partial charge in [0, 0.05) is 17.4 Å². The molecule has 10 heteroatoms. The lowest BCUT2D eigenvalue weighted by Gasteiger charge is -2.10. The topological polar surface area (TPSA) is 85.3 Å². The highest BCUT2D eigenvalue weighted by atomic mass is 19.4. The van der Waals surface area contributed by atoms with E-state index in [0.717, 1.165) is 5.56 Å². The van der Waals surface area contributed by atoms with Gasteiger partial charge in [-0.05, 0) is 36.2 Å². The maximum Gasteiger partial charge on any atom is 0.393 e. The van der Waals surface area contributed by atoms with Crippen molar-refractivity contribution in [3.8, 4) is 11.4 Å². The maximum absolute atomic E-state index is 12.8. The van der Waals surface area contributed by atoms with Crippen LogP contribution in [-0.2, 0) is 6.42 Å². The fraction of sp³-hybridized carbons (Fsp3) is 0.158. The van der Waals surface area contributed by atoms with Crippen LogP contribution in [-0.4, -0.2) is 31.6 Å². The number of amides is 1. The molecule has 0 fully saturated rings. The van der Waals surface area contributed by atoms with E-state index in [1.54, 1.807) is 18.2 Å². The van der Waals surface area contributed by atoms with Crippen molar-refractivity contribution in [2.45, 2.75) is 19.5 Å². The fourth-order valence-corrected chi connectivity index (χ4v) is 2.91. The molecule has 3 aromatic heterocycles. The molecule has 0 unspecified atom stereocenters. The predicted molar refractivity (Wildman–Crippen MR) is 97.4 cm³/mol. The first kappa shape index (κ1) is 18.7. The molecule has 1 amide bonds. The van der Waals surface area contributed by atoms with Crippen molar-refractivity contribution in [3.05, 3.63) is 65.9 Å². The minimum absolute atomic E-state index is 0.0752. The Bertz CT molecular complexity index is 1180. The number of anilines is 1. The number of imidazole rings is 1. The molecule has 4 rings (SSSR count). The van der Waals surface area contributed by atoms with E-state index in [1.165, 1.54) is 35.3 Å². The number of pyridine rings is 1. The summed E-state index contributed by atoms with van der Waals surface area (Å²) in [5.74, 6) is -0.0677. The van der Waals surface area contributed by atoms with Crippen molar-refractivity contribution in [1.82, 2.24) is 19.5 Å². The zero-order chi connectivity index (χ0) is 20.6. The van der Waals surface area contributed by atoms with Gasteiger partial charge in [-0.2, -0.15) is 18.2 Å². The van der Waals surface area contributed by atoms with Crippen LogP contribution < -0.4 is 5.32 Å². The van der Waals surface area contributed by atoms with E-state index in [2.05, 4.69) is 20.4 Å². The van der Waals surface area contributed by atoms with Crippen LogP contribution in [0, 0.1) is 6.92 Å². The van der Waals surface area contributed by atoms with Crippen molar-refractivity contribution in [2.24, 2.45) is 0 Å². The second kappa shape index (κ2) is 7.04. The van der Waals surface area contributed by atoms with E-state index in [0.29, 0.717) is 17.1 Å². The van der Waals surface area contributed by atoms with E-state index in [4.69, 9.17) is 4.52 Å². The molecule has 29 heavy (non-hydrogen) atoms. The van der Waals surface area contributed by atoms with Crippen LogP contribution in [0.1, 0.15) is 21.6 Å². The smallest absolute Gasteiger partial charge is 0.342 e. The monoisotopic (exact) mass is 401 g/mol. The standard InChI is InChI=1S/C19H14F3N5O2/c1-11-2-3-13(17-24-10-29-26-17)7-14(11)25-18(28)15-9-23-16-6-12(4-5-27(15)16)8-19(20,21)22/h2-7,9-10H,8H2,1H3,(H,25,28). The Morgan fingerprint density at radius 1 is 1.21 bits per heavy atom. The average molecular weight is 401 g/mol. The number of carbonyl (C=O) groups excluding carboxylic acids is 1. The number of nitrogens with one attached hydrogen (secondary N) is 1. The number of carbonyl (C=O) groups is 1. The van der Waals surface area contributed by atoms with E-state index in [9.17, 15) is 18.0 Å². The summed E-state index contributed by atoms with van der Waals surface area (Å²) in [6.07, 6.45) is -1.44. The van der Waals surface area contributed by atoms with Gasteiger partial charge in [-0.25, -0.2) is 4.98 Å². The minimum atomic E-state index is -4.31. The fourth-order valence-electron chi connectivity index (χ4n) is 2.91. The molecule has 4 aromatic rings. The van der Waals surface area contributed by atoms with Gasteiger partial charge in [-0.1, -0.05) is 17.3 Å². The molecule has 0 aliphatic heterocycles. The Morgan fingerprint density at radius 2 is 2.03 bits per heavy atom. The van der Waals surface area contributed by atoms with Crippen molar-refractivity contribution in [3.63, 3.8) is 0 Å². The summed E-state index contributed by atoms with van der Waals surface area (Å²) in [6, 6.07) is 7.95. The molecular formula is C19H14F3N5O2. The molecular weight excluding hydrogens is 387 g/mol. The number of aryl methyl sites for hydroxylation is 1. The largest absolute Gasteiger partial charge is 0.393 e. The number of alkyl halides is 3. The van der Waals surface area contributed by atoms with Crippen molar-refractivity contribution >= 4 is 17.2 Å². The number of hydrogen-bond acceptors (Lipinski definition) is 5. The number of benzene rings is 1. The Kier molecular flexibility index (Phi) is 4.53. The zero-order valence-corrected chi connectivity index (χ0v) is 15.1. The van der Waals surface area contributed by atoms with Crippen molar-refractivity contribution in [2.75, 3.05) is 5.32 Å². The summed E-state index contributed by atoms with van der Waals surface area (Å²) in [5.41, 5.74) is 2.55. The van der Waals surface area contributed by atoms with Gasteiger partial charge in [0.2, 0.25) is 12.2 Å². The van der Waals surface area contributed by atoms with E-state index in [-0.39, 0.29) is 16.9 Å².